The molecular weight excluding hydrogens is 274 g/mol. The van der Waals surface area contributed by atoms with Crippen LogP contribution < -0.4 is 5.73 Å². The Morgan fingerprint density at radius 2 is 1.33 bits per heavy atom. The van der Waals surface area contributed by atoms with E-state index in [0.717, 1.165) is 0 Å². The maximum absolute atomic E-state index is 13.0. The predicted molar refractivity (Wildman–Crippen MR) is 78.1 cm³/mol. The summed E-state index contributed by atoms with van der Waals surface area (Å²) < 4.78 is 26.1. The highest BCUT2D eigenvalue weighted by atomic mass is 19.1. The van der Waals surface area contributed by atoms with Gasteiger partial charge in [-0.15, -0.1) is 0 Å². The third-order valence-electron chi connectivity index (χ3n) is 2.83. The van der Waals surface area contributed by atoms with Gasteiger partial charge in [0.05, 0.1) is 5.71 Å². The minimum atomic E-state index is -0.364. The van der Waals surface area contributed by atoms with Gasteiger partial charge in [0.1, 0.15) is 11.6 Å². The van der Waals surface area contributed by atoms with E-state index >= 15 is 0 Å². The molecule has 0 saturated heterocycles. The summed E-state index contributed by atoms with van der Waals surface area (Å²) in [6.45, 7) is 0. The van der Waals surface area contributed by atoms with E-state index in [-0.39, 0.29) is 17.6 Å². The van der Waals surface area contributed by atoms with Gasteiger partial charge in [0, 0.05) is 18.2 Å². The fourth-order valence-corrected chi connectivity index (χ4v) is 1.70. The standard InChI is InChI=1S/C15H14F2N4/c1-21(15(18)19)20-14(10-2-6-12(16)7-3-10)11-4-8-13(17)9-5-11/h2-9H,1H3,(H3,18,19). The van der Waals surface area contributed by atoms with Crippen molar-refractivity contribution in [3.8, 4) is 0 Å². The van der Waals surface area contributed by atoms with E-state index in [1.165, 1.54) is 36.3 Å². The van der Waals surface area contributed by atoms with Crippen LogP contribution in [0.2, 0.25) is 0 Å². The second kappa shape index (κ2) is 6.13. The maximum Gasteiger partial charge on any atom is 0.209 e. The van der Waals surface area contributed by atoms with Crippen molar-refractivity contribution in [2.45, 2.75) is 0 Å². The summed E-state index contributed by atoms with van der Waals surface area (Å²) in [5, 5.41) is 12.8. The van der Waals surface area contributed by atoms with Gasteiger partial charge in [0.2, 0.25) is 5.96 Å². The van der Waals surface area contributed by atoms with Crippen LogP contribution in [-0.2, 0) is 0 Å². The van der Waals surface area contributed by atoms with Gasteiger partial charge in [-0.05, 0) is 48.5 Å². The lowest BCUT2D eigenvalue weighted by Crippen LogP contribution is -2.29. The SMILES string of the molecule is CN(N=C(c1ccc(F)cc1)c1ccc(F)cc1)C(=N)N. The Hall–Kier alpha value is -2.76. The van der Waals surface area contributed by atoms with Crippen LogP contribution >= 0.6 is 0 Å². The molecule has 108 valence electrons. The van der Waals surface area contributed by atoms with Crippen LogP contribution in [0, 0.1) is 17.0 Å². The second-order valence-electron chi connectivity index (χ2n) is 4.37. The van der Waals surface area contributed by atoms with Gasteiger partial charge >= 0.3 is 0 Å². The monoisotopic (exact) mass is 288 g/mol. The largest absolute Gasteiger partial charge is 0.369 e. The quantitative estimate of drug-likeness (QED) is 0.518. The van der Waals surface area contributed by atoms with Gasteiger partial charge in [0.25, 0.3) is 0 Å². The van der Waals surface area contributed by atoms with Gasteiger partial charge in [-0.25, -0.2) is 13.8 Å². The minimum absolute atomic E-state index is 0.239. The molecule has 0 unspecified atom stereocenters. The lowest BCUT2D eigenvalue weighted by atomic mass is 10.0. The van der Waals surface area contributed by atoms with Crippen molar-refractivity contribution < 1.29 is 8.78 Å². The fourth-order valence-electron chi connectivity index (χ4n) is 1.70. The number of hydrogen-bond donors (Lipinski definition) is 2. The molecule has 0 radical (unpaired) electrons. The van der Waals surface area contributed by atoms with Gasteiger partial charge in [-0.3, -0.25) is 5.41 Å². The van der Waals surface area contributed by atoms with E-state index in [1.807, 2.05) is 0 Å². The van der Waals surface area contributed by atoms with Crippen LogP contribution in [0.4, 0.5) is 8.78 Å². The summed E-state index contributed by atoms with van der Waals surface area (Å²) in [6.07, 6.45) is 0. The molecule has 0 aliphatic rings. The van der Waals surface area contributed by atoms with Crippen molar-refractivity contribution in [1.82, 2.24) is 5.01 Å². The molecule has 0 fully saturated rings. The van der Waals surface area contributed by atoms with E-state index in [9.17, 15) is 8.78 Å². The molecular formula is C15H14F2N4. The van der Waals surface area contributed by atoms with E-state index in [1.54, 1.807) is 24.3 Å². The molecule has 0 bridgehead atoms. The molecule has 0 aliphatic heterocycles. The normalized spacial score (nSPS) is 10.0. The number of halogens is 2. The lowest BCUT2D eigenvalue weighted by Gasteiger charge is -2.14. The Morgan fingerprint density at radius 1 is 0.952 bits per heavy atom. The first-order chi connectivity index (χ1) is 9.97. The number of nitrogens with two attached hydrogens (primary N) is 1. The zero-order chi connectivity index (χ0) is 15.4. The first-order valence-electron chi connectivity index (χ1n) is 6.15. The highest BCUT2D eigenvalue weighted by Gasteiger charge is 2.10. The van der Waals surface area contributed by atoms with Crippen molar-refractivity contribution in [3.05, 3.63) is 71.3 Å². The van der Waals surface area contributed by atoms with Crippen LogP contribution in [0.25, 0.3) is 0 Å². The number of nitrogens with one attached hydrogen (secondary N) is 1. The van der Waals surface area contributed by atoms with Crippen molar-refractivity contribution in [2.24, 2.45) is 10.8 Å². The number of guanidine groups is 1. The third kappa shape index (κ3) is 3.62. The highest BCUT2D eigenvalue weighted by molar-refractivity contribution is 6.13. The lowest BCUT2D eigenvalue weighted by molar-refractivity contribution is 0.534. The third-order valence-corrected chi connectivity index (χ3v) is 2.83. The van der Waals surface area contributed by atoms with Gasteiger partial charge in [-0.2, -0.15) is 5.10 Å². The van der Waals surface area contributed by atoms with Crippen LogP contribution in [-0.4, -0.2) is 23.7 Å². The second-order valence-corrected chi connectivity index (χ2v) is 4.37. The molecule has 0 amide bonds. The van der Waals surface area contributed by atoms with Crippen LogP contribution in [0.1, 0.15) is 11.1 Å². The molecule has 2 aromatic rings. The van der Waals surface area contributed by atoms with Gasteiger partial charge in [-0.1, -0.05) is 0 Å². The number of rotatable bonds is 3. The number of benzene rings is 2. The van der Waals surface area contributed by atoms with Gasteiger partial charge < -0.3 is 5.73 Å². The summed E-state index contributed by atoms with van der Waals surface area (Å²) in [4.78, 5) is 0. The molecule has 0 aromatic heterocycles. The Morgan fingerprint density at radius 3 is 1.67 bits per heavy atom. The highest BCUT2D eigenvalue weighted by Crippen LogP contribution is 2.13. The predicted octanol–water partition coefficient (Wildman–Crippen LogP) is 2.54. The molecule has 0 spiro atoms. The molecule has 2 aromatic carbocycles. The summed E-state index contributed by atoms with van der Waals surface area (Å²) >= 11 is 0. The zero-order valence-electron chi connectivity index (χ0n) is 11.3. The Kier molecular flexibility index (Phi) is 4.27. The number of hydrogen-bond acceptors (Lipinski definition) is 2. The number of hydrazone groups is 1. The fraction of sp³-hybridized carbons (Fsp3) is 0.0667. The van der Waals surface area contributed by atoms with Crippen molar-refractivity contribution >= 4 is 11.7 Å². The topological polar surface area (TPSA) is 65.5 Å². The Labute approximate surface area is 121 Å². The van der Waals surface area contributed by atoms with E-state index in [4.69, 9.17) is 11.1 Å². The summed E-state index contributed by atoms with van der Waals surface area (Å²) in [6, 6.07) is 11.5. The van der Waals surface area contributed by atoms with Crippen LogP contribution in [0.5, 0.6) is 0 Å². The Balaban J connectivity index is 2.51. The average molecular weight is 288 g/mol. The van der Waals surface area contributed by atoms with Crippen LogP contribution in [0.15, 0.2) is 53.6 Å². The molecule has 3 N–H and O–H groups in total. The Bertz CT molecular complexity index is 616. The van der Waals surface area contributed by atoms with Crippen molar-refractivity contribution in [1.29, 1.82) is 5.41 Å². The molecule has 0 atom stereocenters. The summed E-state index contributed by atoms with van der Waals surface area (Å²) in [7, 11) is 1.52. The zero-order valence-corrected chi connectivity index (χ0v) is 11.3. The molecule has 21 heavy (non-hydrogen) atoms. The summed E-state index contributed by atoms with van der Waals surface area (Å²) in [5.74, 6) is -0.967. The van der Waals surface area contributed by atoms with E-state index in [2.05, 4.69) is 5.10 Å². The molecule has 0 saturated carbocycles. The maximum atomic E-state index is 13.0. The first kappa shape index (κ1) is 14.6. The van der Waals surface area contributed by atoms with Crippen LogP contribution in [0.3, 0.4) is 0 Å². The smallest absolute Gasteiger partial charge is 0.209 e. The first-order valence-corrected chi connectivity index (χ1v) is 6.15. The van der Waals surface area contributed by atoms with Crippen molar-refractivity contribution in [2.75, 3.05) is 7.05 Å². The molecule has 6 heteroatoms. The van der Waals surface area contributed by atoms with E-state index in [0.29, 0.717) is 16.8 Å². The molecule has 2 rings (SSSR count). The minimum Gasteiger partial charge on any atom is -0.369 e. The number of nitrogens with zero attached hydrogens (tertiary/aromatic N) is 2. The molecule has 0 aliphatic carbocycles. The molecule has 4 nitrogen and oxygen atoms in total. The van der Waals surface area contributed by atoms with Gasteiger partial charge in [0.15, 0.2) is 0 Å². The molecule has 0 heterocycles. The van der Waals surface area contributed by atoms with Crippen molar-refractivity contribution in [3.63, 3.8) is 0 Å². The summed E-state index contributed by atoms with van der Waals surface area (Å²) in [5.41, 5.74) is 7.11. The average Bonchev–Trinajstić information content (AvgIpc) is 2.46. The van der Waals surface area contributed by atoms with E-state index < -0.39 is 0 Å².